The van der Waals surface area contributed by atoms with Crippen molar-refractivity contribution in [2.24, 2.45) is 0 Å². The molecule has 0 fully saturated rings. The minimum atomic E-state index is -0.446. The first-order valence-electron chi connectivity index (χ1n) is 5.82. The van der Waals surface area contributed by atoms with E-state index in [4.69, 9.17) is 16.3 Å². The molecular weight excluding hydrogens is 270 g/mol. The van der Waals surface area contributed by atoms with E-state index in [1.165, 1.54) is 18.2 Å². The molecule has 0 spiro atoms. The smallest absolute Gasteiger partial charge is 0.165 e. The topological polar surface area (TPSA) is 9.23 Å². The van der Waals surface area contributed by atoms with E-state index in [9.17, 15) is 8.78 Å². The van der Waals surface area contributed by atoms with Crippen molar-refractivity contribution in [1.29, 1.82) is 0 Å². The lowest BCUT2D eigenvalue weighted by molar-refractivity contribution is 0.289. The summed E-state index contributed by atoms with van der Waals surface area (Å²) in [5.74, 6) is -0.316. The van der Waals surface area contributed by atoms with Crippen LogP contribution in [0.5, 0.6) is 5.75 Å². The molecule has 0 aromatic heterocycles. The molecule has 0 aliphatic rings. The summed E-state index contributed by atoms with van der Waals surface area (Å²) in [5, 5.41) is 0. The highest BCUT2D eigenvalue weighted by Crippen LogP contribution is 2.21. The van der Waals surface area contributed by atoms with Crippen LogP contribution in [0.3, 0.4) is 0 Å². The molecule has 0 saturated carbocycles. The largest absolute Gasteiger partial charge is 0.486 e. The summed E-state index contributed by atoms with van der Waals surface area (Å²) in [6.07, 6.45) is 0. The van der Waals surface area contributed by atoms with Gasteiger partial charge in [0.1, 0.15) is 12.4 Å². The minimum absolute atomic E-state index is 0.164. The first kappa shape index (κ1) is 13.8. The van der Waals surface area contributed by atoms with Gasteiger partial charge in [0.2, 0.25) is 0 Å². The third kappa shape index (κ3) is 3.44. The van der Waals surface area contributed by atoms with Gasteiger partial charge < -0.3 is 4.74 Å². The highest BCUT2D eigenvalue weighted by Gasteiger charge is 2.06. The number of halogens is 3. The second kappa shape index (κ2) is 6.02. The zero-order chi connectivity index (χ0) is 13.8. The van der Waals surface area contributed by atoms with Crippen LogP contribution in [0, 0.1) is 18.6 Å². The minimum Gasteiger partial charge on any atom is -0.486 e. The van der Waals surface area contributed by atoms with E-state index >= 15 is 0 Å². The maximum atomic E-state index is 13.7. The Labute approximate surface area is 115 Å². The van der Waals surface area contributed by atoms with Crippen LogP contribution < -0.4 is 4.74 Å². The van der Waals surface area contributed by atoms with Gasteiger partial charge in [0.15, 0.2) is 11.6 Å². The molecule has 1 nitrogen and oxygen atoms in total. The van der Waals surface area contributed by atoms with E-state index in [1.807, 2.05) is 0 Å². The number of hydrogen-bond donors (Lipinski definition) is 0. The van der Waals surface area contributed by atoms with Crippen LogP contribution in [0.25, 0.3) is 0 Å². The Bertz CT molecular complexity index is 584. The van der Waals surface area contributed by atoms with Crippen LogP contribution in [0.1, 0.15) is 16.7 Å². The van der Waals surface area contributed by atoms with Crippen LogP contribution >= 0.6 is 11.6 Å². The van der Waals surface area contributed by atoms with E-state index < -0.39 is 5.82 Å². The first-order chi connectivity index (χ1) is 9.10. The lowest BCUT2D eigenvalue weighted by Gasteiger charge is -2.10. The van der Waals surface area contributed by atoms with Crippen molar-refractivity contribution in [2.45, 2.75) is 19.4 Å². The molecule has 2 aromatic rings. The molecule has 4 heteroatoms. The molecule has 2 rings (SSSR count). The Balaban J connectivity index is 2.10. The fourth-order valence-corrected chi connectivity index (χ4v) is 1.89. The van der Waals surface area contributed by atoms with Crippen molar-refractivity contribution in [3.05, 3.63) is 64.7 Å². The molecule has 0 saturated heterocycles. The number of alkyl halides is 1. The van der Waals surface area contributed by atoms with E-state index in [-0.39, 0.29) is 24.1 Å². The van der Waals surface area contributed by atoms with Gasteiger partial charge in [0.05, 0.1) is 0 Å². The summed E-state index contributed by atoms with van der Waals surface area (Å²) in [4.78, 5) is 0. The predicted molar refractivity (Wildman–Crippen MR) is 71.4 cm³/mol. The third-order valence-electron chi connectivity index (χ3n) is 2.84. The van der Waals surface area contributed by atoms with Gasteiger partial charge in [-0.2, -0.15) is 0 Å². The van der Waals surface area contributed by atoms with Gasteiger partial charge in [-0.05, 0) is 47.9 Å². The summed E-state index contributed by atoms with van der Waals surface area (Å²) in [6.45, 7) is 1.98. The van der Waals surface area contributed by atoms with Crippen molar-refractivity contribution in [3.8, 4) is 5.75 Å². The Hall–Kier alpha value is -1.61. The number of hydrogen-bond acceptors (Lipinski definition) is 1. The van der Waals surface area contributed by atoms with Crippen LogP contribution in [0.2, 0.25) is 0 Å². The second-order valence-corrected chi connectivity index (χ2v) is 4.53. The van der Waals surface area contributed by atoms with Crippen LogP contribution in [0.15, 0.2) is 36.4 Å². The van der Waals surface area contributed by atoms with Crippen molar-refractivity contribution in [2.75, 3.05) is 0 Å². The highest BCUT2D eigenvalue weighted by molar-refractivity contribution is 6.17. The zero-order valence-corrected chi connectivity index (χ0v) is 11.2. The molecule has 0 N–H and O–H groups in total. The summed E-state index contributed by atoms with van der Waals surface area (Å²) in [6, 6.07) is 9.02. The molecule has 0 aliphatic heterocycles. The van der Waals surface area contributed by atoms with Gasteiger partial charge >= 0.3 is 0 Å². The fraction of sp³-hybridized carbons (Fsp3) is 0.200. The van der Waals surface area contributed by atoms with E-state index in [2.05, 4.69) is 0 Å². The van der Waals surface area contributed by atoms with Crippen molar-refractivity contribution in [1.82, 2.24) is 0 Å². The number of ether oxygens (including phenoxy) is 1. The maximum absolute atomic E-state index is 13.7. The molecule has 0 heterocycles. The monoisotopic (exact) mass is 282 g/mol. The first-order valence-corrected chi connectivity index (χ1v) is 6.36. The molecule has 0 unspecified atom stereocenters. The Kier molecular flexibility index (Phi) is 4.38. The molecule has 100 valence electrons. The van der Waals surface area contributed by atoms with Crippen LogP contribution in [-0.2, 0) is 12.5 Å². The molecule has 0 bridgehead atoms. The van der Waals surface area contributed by atoms with E-state index in [1.54, 1.807) is 25.1 Å². The Morgan fingerprint density at radius 3 is 2.53 bits per heavy atom. The SMILES string of the molecule is Cc1cc(F)ccc1COc1ccc(CCl)cc1F. The molecule has 0 atom stereocenters. The molecule has 0 amide bonds. The lowest BCUT2D eigenvalue weighted by Crippen LogP contribution is -2.00. The Morgan fingerprint density at radius 1 is 1.11 bits per heavy atom. The molecule has 0 radical (unpaired) electrons. The number of rotatable bonds is 4. The molecule has 0 aliphatic carbocycles. The van der Waals surface area contributed by atoms with Gasteiger partial charge in [-0.3, -0.25) is 0 Å². The van der Waals surface area contributed by atoms with Crippen molar-refractivity contribution >= 4 is 11.6 Å². The van der Waals surface area contributed by atoms with Crippen LogP contribution in [0.4, 0.5) is 8.78 Å². The van der Waals surface area contributed by atoms with Gasteiger partial charge in [0.25, 0.3) is 0 Å². The molecule has 2 aromatic carbocycles. The summed E-state index contributed by atoms with van der Waals surface area (Å²) in [5.41, 5.74) is 2.30. The second-order valence-electron chi connectivity index (χ2n) is 4.26. The van der Waals surface area contributed by atoms with Gasteiger partial charge in [-0.1, -0.05) is 12.1 Å². The zero-order valence-electron chi connectivity index (χ0n) is 10.4. The summed E-state index contributed by atoms with van der Waals surface area (Å²) >= 11 is 5.62. The standard InChI is InChI=1S/C15H13ClF2O/c1-10-6-13(17)4-3-12(10)9-19-15-5-2-11(8-16)7-14(15)18/h2-7H,8-9H2,1H3. The van der Waals surface area contributed by atoms with Crippen molar-refractivity contribution < 1.29 is 13.5 Å². The number of benzene rings is 2. The number of aryl methyl sites for hydroxylation is 1. The normalized spacial score (nSPS) is 10.5. The van der Waals surface area contributed by atoms with Gasteiger partial charge in [0, 0.05) is 5.88 Å². The summed E-state index contributed by atoms with van der Waals surface area (Å²) in [7, 11) is 0. The van der Waals surface area contributed by atoms with E-state index in [0.29, 0.717) is 5.56 Å². The third-order valence-corrected chi connectivity index (χ3v) is 3.15. The van der Waals surface area contributed by atoms with Crippen molar-refractivity contribution in [3.63, 3.8) is 0 Å². The lowest BCUT2D eigenvalue weighted by atomic mass is 10.1. The van der Waals surface area contributed by atoms with Gasteiger partial charge in [-0.15, -0.1) is 11.6 Å². The van der Waals surface area contributed by atoms with E-state index in [0.717, 1.165) is 11.1 Å². The molecule has 19 heavy (non-hydrogen) atoms. The summed E-state index contributed by atoms with van der Waals surface area (Å²) < 4.78 is 32.0. The average Bonchev–Trinajstić information content (AvgIpc) is 2.39. The quantitative estimate of drug-likeness (QED) is 0.745. The highest BCUT2D eigenvalue weighted by atomic mass is 35.5. The van der Waals surface area contributed by atoms with Gasteiger partial charge in [-0.25, -0.2) is 8.78 Å². The average molecular weight is 283 g/mol. The maximum Gasteiger partial charge on any atom is 0.165 e. The fourth-order valence-electron chi connectivity index (χ4n) is 1.72. The van der Waals surface area contributed by atoms with Crippen LogP contribution in [-0.4, -0.2) is 0 Å². The molecular formula is C15H13ClF2O. The predicted octanol–water partition coefficient (Wildman–Crippen LogP) is 4.59. The Morgan fingerprint density at radius 2 is 1.89 bits per heavy atom.